The number of aliphatic imine (C=N–C) groups is 1. The van der Waals surface area contributed by atoms with E-state index in [1.165, 1.54) is 19.2 Å². The molecular formula is C17H13BrF4N2O3. The molecule has 0 aliphatic rings. The third-order valence-corrected chi connectivity index (χ3v) is 3.81. The summed E-state index contributed by atoms with van der Waals surface area (Å²) in [5.74, 6) is -0.427. The van der Waals surface area contributed by atoms with Gasteiger partial charge in [0.1, 0.15) is 5.75 Å². The molecule has 0 saturated carbocycles. The fourth-order valence-electron chi connectivity index (χ4n) is 1.90. The Bertz CT molecular complexity index is 829. The third-order valence-electron chi connectivity index (χ3n) is 3.11. The SMILES string of the molecule is CO/C(=N\C(=O)Nc1ccc(OC(F)(F)C(F)F)cc1)c1ccccc1Br. The van der Waals surface area contributed by atoms with Crippen molar-refractivity contribution in [3.05, 3.63) is 58.6 Å². The number of methoxy groups -OCH3 is 1. The standard InChI is InChI=1S/C17H13BrF4N2O3/c1-26-14(12-4-2-3-5-13(12)18)24-16(25)23-10-6-8-11(9-7-10)27-17(21,22)15(19)20/h2-9,15H,1H3,(H,23,25)/b24-14-. The lowest BCUT2D eigenvalue weighted by Gasteiger charge is -2.16. The van der Waals surface area contributed by atoms with Gasteiger partial charge in [0.05, 0.1) is 12.7 Å². The molecule has 0 heterocycles. The Morgan fingerprint density at radius 2 is 1.78 bits per heavy atom. The zero-order valence-electron chi connectivity index (χ0n) is 13.8. The lowest BCUT2D eigenvalue weighted by molar-refractivity contribution is -0.253. The fourth-order valence-corrected chi connectivity index (χ4v) is 2.36. The number of rotatable bonds is 5. The number of urea groups is 1. The van der Waals surface area contributed by atoms with Gasteiger partial charge >= 0.3 is 18.6 Å². The van der Waals surface area contributed by atoms with Crippen LogP contribution in [0.1, 0.15) is 5.56 Å². The Kier molecular flexibility index (Phi) is 6.78. The number of nitrogens with one attached hydrogen (secondary N) is 1. The lowest BCUT2D eigenvalue weighted by Crippen LogP contribution is -2.33. The summed E-state index contributed by atoms with van der Waals surface area (Å²) in [6.07, 6.45) is -8.57. The Morgan fingerprint density at radius 3 is 2.33 bits per heavy atom. The van der Waals surface area contributed by atoms with E-state index in [4.69, 9.17) is 4.74 Å². The summed E-state index contributed by atoms with van der Waals surface area (Å²) < 4.78 is 59.6. The van der Waals surface area contributed by atoms with Crippen molar-refractivity contribution in [2.24, 2.45) is 4.99 Å². The van der Waals surface area contributed by atoms with E-state index in [-0.39, 0.29) is 11.6 Å². The highest BCUT2D eigenvalue weighted by Crippen LogP contribution is 2.28. The molecule has 144 valence electrons. The minimum absolute atomic E-state index is 0.0523. The predicted octanol–water partition coefficient (Wildman–Crippen LogP) is 5.31. The van der Waals surface area contributed by atoms with Crippen molar-refractivity contribution in [3.63, 3.8) is 0 Å². The molecule has 2 aromatic rings. The molecule has 0 unspecified atom stereocenters. The average molecular weight is 449 g/mol. The highest BCUT2D eigenvalue weighted by Gasteiger charge is 2.43. The first-order chi connectivity index (χ1) is 12.7. The highest BCUT2D eigenvalue weighted by molar-refractivity contribution is 9.10. The molecule has 0 aromatic heterocycles. The summed E-state index contributed by atoms with van der Waals surface area (Å²) in [7, 11) is 1.35. The number of carbonyl (C=O) groups excluding carboxylic acids is 1. The second kappa shape index (κ2) is 8.85. The molecule has 2 amide bonds. The normalized spacial score (nSPS) is 12.0. The predicted molar refractivity (Wildman–Crippen MR) is 94.7 cm³/mol. The van der Waals surface area contributed by atoms with Gasteiger partial charge in [-0.25, -0.2) is 4.79 Å². The Hall–Kier alpha value is -2.62. The van der Waals surface area contributed by atoms with Crippen molar-refractivity contribution in [1.82, 2.24) is 0 Å². The van der Waals surface area contributed by atoms with Crippen LogP contribution in [0.25, 0.3) is 0 Å². The highest BCUT2D eigenvalue weighted by atomic mass is 79.9. The van der Waals surface area contributed by atoms with Gasteiger partial charge in [-0.15, -0.1) is 0 Å². The number of benzene rings is 2. The molecule has 0 spiro atoms. The Labute approximate surface area is 160 Å². The van der Waals surface area contributed by atoms with Gasteiger partial charge < -0.3 is 14.8 Å². The van der Waals surface area contributed by atoms with Gasteiger partial charge in [-0.1, -0.05) is 12.1 Å². The molecule has 0 atom stereocenters. The van der Waals surface area contributed by atoms with E-state index < -0.39 is 24.3 Å². The Morgan fingerprint density at radius 1 is 1.15 bits per heavy atom. The molecular weight excluding hydrogens is 436 g/mol. The van der Waals surface area contributed by atoms with Crippen LogP contribution in [0, 0.1) is 0 Å². The van der Waals surface area contributed by atoms with Gasteiger partial charge in [0.2, 0.25) is 5.90 Å². The number of ether oxygens (including phenoxy) is 2. The maximum atomic E-state index is 12.8. The number of hydrogen-bond acceptors (Lipinski definition) is 3. The van der Waals surface area contributed by atoms with Crippen LogP contribution in [-0.4, -0.2) is 31.6 Å². The van der Waals surface area contributed by atoms with Crippen LogP contribution in [0.4, 0.5) is 28.0 Å². The molecule has 0 bridgehead atoms. The number of alkyl halides is 4. The summed E-state index contributed by atoms with van der Waals surface area (Å²) in [5.41, 5.74) is 0.743. The molecule has 0 aliphatic heterocycles. The van der Waals surface area contributed by atoms with Crippen molar-refractivity contribution in [1.29, 1.82) is 0 Å². The number of amides is 2. The zero-order valence-corrected chi connectivity index (χ0v) is 15.3. The van der Waals surface area contributed by atoms with Crippen molar-refractivity contribution in [3.8, 4) is 5.75 Å². The van der Waals surface area contributed by atoms with Gasteiger partial charge in [0, 0.05) is 10.2 Å². The molecule has 5 nitrogen and oxygen atoms in total. The monoisotopic (exact) mass is 448 g/mol. The van der Waals surface area contributed by atoms with Gasteiger partial charge in [0.15, 0.2) is 0 Å². The van der Waals surface area contributed by atoms with E-state index in [9.17, 15) is 22.4 Å². The van der Waals surface area contributed by atoms with E-state index in [0.29, 0.717) is 10.0 Å². The van der Waals surface area contributed by atoms with Gasteiger partial charge in [-0.2, -0.15) is 22.6 Å². The maximum absolute atomic E-state index is 12.8. The second-order valence-corrected chi connectivity index (χ2v) is 5.87. The second-order valence-electron chi connectivity index (χ2n) is 5.02. The van der Waals surface area contributed by atoms with Gasteiger partial charge in [-0.05, 0) is 52.3 Å². The van der Waals surface area contributed by atoms with Crippen LogP contribution in [0.15, 0.2) is 58.0 Å². The number of carbonyl (C=O) groups is 1. The molecule has 1 N–H and O–H groups in total. The smallest absolute Gasteiger partial charge is 0.461 e. The molecule has 0 aliphatic carbocycles. The molecule has 10 heteroatoms. The van der Waals surface area contributed by atoms with Crippen molar-refractivity contribution < 1.29 is 31.8 Å². The first-order valence-electron chi connectivity index (χ1n) is 7.36. The summed E-state index contributed by atoms with van der Waals surface area (Å²) >= 11 is 3.32. The average Bonchev–Trinajstić information content (AvgIpc) is 2.61. The van der Waals surface area contributed by atoms with E-state index in [2.05, 4.69) is 31.0 Å². The largest absolute Gasteiger partial charge is 0.480 e. The van der Waals surface area contributed by atoms with Crippen LogP contribution in [0.3, 0.4) is 0 Å². The fraction of sp³-hybridized carbons (Fsp3) is 0.176. The minimum atomic E-state index is -4.61. The first kappa shape index (κ1) is 20.7. The number of anilines is 1. The summed E-state index contributed by atoms with van der Waals surface area (Å²) in [4.78, 5) is 15.8. The molecule has 0 saturated heterocycles. The van der Waals surface area contributed by atoms with Crippen LogP contribution < -0.4 is 10.1 Å². The first-order valence-corrected chi connectivity index (χ1v) is 8.16. The number of halogens is 5. The zero-order chi connectivity index (χ0) is 20.0. The Balaban J connectivity index is 2.08. The maximum Gasteiger partial charge on any atom is 0.461 e. The minimum Gasteiger partial charge on any atom is -0.480 e. The molecule has 2 rings (SSSR count). The summed E-state index contributed by atoms with van der Waals surface area (Å²) in [6.45, 7) is 0. The molecule has 0 radical (unpaired) electrons. The van der Waals surface area contributed by atoms with E-state index in [1.54, 1.807) is 24.3 Å². The third kappa shape index (κ3) is 5.68. The van der Waals surface area contributed by atoms with Gasteiger partial charge in [-0.3, -0.25) is 0 Å². The van der Waals surface area contributed by atoms with Crippen LogP contribution in [0.5, 0.6) is 5.75 Å². The van der Waals surface area contributed by atoms with Crippen LogP contribution >= 0.6 is 15.9 Å². The van der Waals surface area contributed by atoms with Crippen molar-refractivity contribution >= 4 is 33.5 Å². The number of nitrogens with zero attached hydrogens (tertiary/aromatic N) is 1. The van der Waals surface area contributed by atoms with E-state index >= 15 is 0 Å². The summed E-state index contributed by atoms with van der Waals surface area (Å²) in [5, 5.41) is 2.40. The topological polar surface area (TPSA) is 59.9 Å². The molecule has 2 aromatic carbocycles. The van der Waals surface area contributed by atoms with Crippen molar-refractivity contribution in [2.75, 3.05) is 12.4 Å². The quantitative estimate of drug-likeness (QED) is 0.383. The summed E-state index contributed by atoms with van der Waals surface area (Å²) in [6, 6.07) is 10.6. The van der Waals surface area contributed by atoms with E-state index in [1.807, 2.05) is 0 Å². The van der Waals surface area contributed by atoms with Crippen LogP contribution in [-0.2, 0) is 4.74 Å². The molecule has 27 heavy (non-hydrogen) atoms. The van der Waals surface area contributed by atoms with Crippen LogP contribution in [0.2, 0.25) is 0 Å². The molecule has 0 fully saturated rings. The van der Waals surface area contributed by atoms with Gasteiger partial charge in [0.25, 0.3) is 0 Å². The van der Waals surface area contributed by atoms with Crippen molar-refractivity contribution in [2.45, 2.75) is 12.5 Å². The lowest BCUT2D eigenvalue weighted by atomic mass is 10.2. The number of hydrogen-bond donors (Lipinski definition) is 1. The van der Waals surface area contributed by atoms with E-state index in [0.717, 1.165) is 12.1 Å².